The van der Waals surface area contributed by atoms with Gasteiger partial charge in [-0.3, -0.25) is 0 Å². The van der Waals surface area contributed by atoms with E-state index in [1.165, 1.54) is 0 Å². The van der Waals surface area contributed by atoms with Crippen LogP contribution < -0.4 is 10.0 Å². The summed E-state index contributed by atoms with van der Waals surface area (Å²) in [7, 11) is -3.14. The molecule has 0 heterocycles. The highest BCUT2D eigenvalue weighted by Crippen LogP contribution is 2.13. The third kappa shape index (κ3) is 7.73. The molecule has 0 fully saturated rings. The summed E-state index contributed by atoms with van der Waals surface area (Å²) >= 11 is 0. The van der Waals surface area contributed by atoms with E-state index in [1.807, 2.05) is 6.92 Å². The van der Waals surface area contributed by atoms with Crippen LogP contribution in [-0.4, -0.2) is 33.3 Å². The van der Waals surface area contributed by atoms with Crippen molar-refractivity contribution in [2.45, 2.75) is 53.0 Å². The molecule has 0 aromatic rings. The van der Waals surface area contributed by atoms with Gasteiger partial charge in [0.1, 0.15) is 0 Å². The third-order valence-corrected chi connectivity index (χ3v) is 4.57. The molecule has 0 spiro atoms. The van der Waals surface area contributed by atoms with Crippen molar-refractivity contribution in [1.82, 2.24) is 10.0 Å². The zero-order valence-electron chi connectivity index (χ0n) is 11.6. The maximum absolute atomic E-state index is 11.8. The Balaban J connectivity index is 4.06. The minimum atomic E-state index is -3.14. The molecule has 0 bridgehead atoms. The van der Waals surface area contributed by atoms with Gasteiger partial charge in [-0.2, -0.15) is 0 Å². The van der Waals surface area contributed by atoms with Crippen molar-refractivity contribution >= 4 is 10.0 Å². The highest BCUT2D eigenvalue weighted by atomic mass is 32.2. The second-order valence-electron chi connectivity index (χ2n) is 4.55. The van der Waals surface area contributed by atoms with Gasteiger partial charge in [-0.25, -0.2) is 13.1 Å². The maximum atomic E-state index is 11.8. The average Bonchev–Trinajstić information content (AvgIpc) is 2.25. The molecule has 2 N–H and O–H groups in total. The fourth-order valence-corrected chi connectivity index (χ4v) is 3.23. The molecule has 0 aliphatic carbocycles. The van der Waals surface area contributed by atoms with E-state index in [0.717, 1.165) is 25.8 Å². The monoisotopic (exact) mass is 264 g/mol. The molecule has 0 aromatic carbocycles. The Bertz CT molecular complexity index is 274. The van der Waals surface area contributed by atoms with E-state index >= 15 is 0 Å². The van der Waals surface area contributed by atoms with Gasteiger partial charge in [-0.05, 0) is 25.8 Å². The molecule has 0 saturated carbocycles. The van der Waals surface area contributed by atoms with Gasteiger partial charge in [-0.1, -0.05) is 33.6 Å². The van der Waals surface area contributed by atoms with Crippen LogP contribution in [0.5, 0.6) is 0 Å². The van der Waals surface area contributed by atoms with E-state index in [2.05, 4.69) is 30.8 Å². The van der Waals surface area contributed by atoms with Gasteiger partial charge in [0, 0.05) is 12.6 Å². The normalized spacial score (nSPS) is 14.2. The van der Waals surface area contributed by atoms with E-state index in [9.17, 15) is 8.42 Å². The van der Waals surface area contributed by atoms with Gasteiger partial charge >= 0.3 is 0 Å². The predicted octanol–water partition coefficient (Wildman–Crippen LogP) is 1.73. The van der Waals surface area contributed by atoms with Crippen molar-refractivity contribution in [3.63, 3.8) is 0 Å². The molecule has 1 atom stereocenters. The molecule has 0 amide bonds. The molecule has 17 heavy (non-hydrogen) atoms. The maximum Gasteiger partial charge on any atom is 0.213 e. The standard InChI is InChI=1S/C12H28N2O2S/c1-5-8-13-9-10-17(15,16)14-11(4)12(6-2)7-3/h11-14H,5-10H2,1-4H3. The third-order valence-electron chi connectivity index (χ3n) is 3.10. The Hall–Kier alpha value is -0.130. The first-order chi connectivity index (χ1) is 7.96. The van der Waals surface area contributed by atoms with E-state index < -0.39 is 10.0 Å². The number of nitrogens with one attached hydrogen (secondary N) is 2. The Morgan fingerprint density at radius 1 is 1.06 bits per heavy atom. The van der Waals surface area contributed by atoms with Crippen LogP contribution in [0.1, 0.15) is 47.0 Å². The smallest absolute Gasteiger partial charge is 0.213 e. The lowest BCUT2D eigenvalue weighted by atomic mass is 9.96. The molecule has 0 rings (SSSR count). The lowest BCUT2D eigenvalue weighted by Gasteiger charge is -2.22. The van der Waals surface area contributed by atoms with Gasteiger partial charge < -0.3 is 5.32 Å². The predicted molar refractivity (Wildman–Crippen MR) is 73.6 cm³/mol. The molecule has 4 nitrogen and oxygen atoms in total. The van der Waals surface area contributed by atoms with Crippen LogP contribution in [0.2, 0.25) is 0 Å². The van der Waals surface area contributed by atoms with Crippen molar-refractivity contribution in [2.75, 3.05) is 18.8 Å². The first-order valence-corrected chi connectivity index (χ1v) is 8.32. The van der Waals surface area contributed by atoms with Crippen molar-refractivity contribution in [3.8, 4) is 0 Å². The van der Waals surface area contributed by atoms with Crippen LogP contribution in [0.15, 0.2) is 0 Å². The summed E-state index contributed by atoms with van der Waals surface area (Å²) in [4.78, 5) is 0. The molecule has 0 aromatic heterocycles. The van der Waals surface area contributed by atoms with E-state index in [0.29, 0.717) is 12.5 Å². The van der Waals surface area contributed by atoms with Crippen molar-refractivity contribution in [1.29, 1.82) is 0 Å². The molecule has 0 aliphatic heterocycles. The molecular formula is C12H28N2O2S. The van der Waals surface area contributed by atoms with E-state index in [4.69, 9.17) is 0 Å². The minimum Gasteiger partial charge on any atom is -0.316 e. The summed E-state index contributed by atoms with van der Waals surface area (Å²) in [5.74, 6) is 0.589. The topological polar surface area (TPSA) is 58.2 Å². The van der Waals surface area contributed by atoms with Crippen molar-refractivity contribution in [2.24, 2.45) is 5.92 Å². The number of hydrogen-bond donors (Lipinski definition) is 2. The van der Waals surface area contributed by atoms with Crippen LogP contribution in [0.25, 0.3) is 0 Å². The van der Waals surface area contributed by atoms with Crippen LogP contribution in [-0.2, 0) is 10.0 Å². The molecule has 104 valence electrons. The fraction of sp³-hybridized carbons (Fsp3) is 1.00. The molecule has 0 radical (unpaired) electrons. The van der Waals surface area contributed by atoms with Crippen LogP contribution >= 0.6 is 0 Å². The van der Waals surface area contributed by atoms with Crippen molar-refractivity contribution in [3.05, 3.63) is 0 Å². The Kier molecular flexibility index (Phi) is 8.82. The number of rotatable bonds is 10. The summed E-state index contributed by atoms with van der Waals surface area (Å²) in [5.41, 5.74) is 0. The van der Waals surface area contributed by atoms with Gasteiger partial charge in [0.15, 0.2) is 0 Å². The van der Waals surface area contributed by atoms with Crippen LogP contribution in [0, 0.1) is 5.92 Å². The second kappa shape index (κ2) is 8.89. The molecule has 1 unspecified atom stereocenters. The number of sulfonamides is 1. The second-order valence-corrected chi connectivity index (χ2v) is 6.43. The Labute approximate surface area is 107 Å². The fourth-order valence-electron chi connectivity index (χ4n) is 1.94. The Morgan fingerprint density at radius 3 is 2.12 bits per heavy atom. The minimum absolute atomic E-state index is 0.0289. The molecule has 0 aliphatic rings. The SMILES string of the molecule is CCCNCCS(=O)(=O)NC(C)C(CC)CC. The molecule has 0 saturated heterocycles. The molecule has 5 heteroatoms. The lowest BCUT2D eigenvalue weighted by molar-refractivity contribution is 0.390. The zero-order chi connectivity index (χ0) is 13.3. The van der Waals surface area contributed by atoms with Gasteiger partial charge in [0.25, 0.3) is 0 Å². The first kappa shape index (κ1) is 16.9. The van der Waals surface area contributed by atoms with Gasteiger partial charge in [0.2, 0.25) is 10.0 Å². The highest BCUT2D eigenvalue weighted by molar-refractivity contribution is 7.89. The lowest BCUT2D eigenvalue weighted by Crippen LogP contribution is -2.41. The van der Waals surface area contributed by atoms with E-state index in [1.54, 1.807) is 0 Å². The summed E-state index contributed by atoms with van der Waals surface area (Å²) in [6.45, 7) is 9.61. The first-order valence-electron chi connectivity index (χ1n) is 6.67. The van der Waals surface area contributed by atoms with Crippen molar-refractivity contribution < 1.29 is 8.42 Å². The summed E-state index contributed by atoms with van der Waals surface area (Å²) in [6.07, 6.45) is 3.04. The van der Waals surface area contributed by atoms with Crippen LogP contribution in [0.3, 0.4) is 0 Å². The summed E-state index contributed by atoms with van der Waals surface area (Å²) in [5, 5.41) is 3.10. The Morgan fingerprint density at radius 2 is 1.65 bits per heavy atom. The quantitative estimate of drug-likeness (QED) is 0.591. The van der Waals surface area contributed by atoms with Gasteiger partial charge in [-0.15, -0.1) is 0 Å². The number of hydrogen-bond acceptors (Lipinski definition) is 3. The van der Waals surface area contributed by atoms with Gasteiger partial charge in [0.05, 0.1) is 5.75 Å². The summed E-state index contributed by atoms with van der Waals surface area (Å²) < 4.78 is 26.3. The highest BCUT2D eigenvalue weighted by Gasteiger charge is 2.19. The molecular weight excluding hydrogens is 236 g/mol. The largest absolute Gasteiger partial charge is 0.316 e. The van der Waals surface area contributed by atoms with E-state index in [-0.39, 0.29) is 11.8 Å². The average molecular weight is 264 g/mol. The summed E-state index contributed by atoms with van der Waals surface area (Å²) in [6, 6.07) is 0.0289. The van der Waals surface area contributed by atoms with Crippen LogP contribution in [0.4, 0.5) is 0 Å². The zero-order valence-corrected chi connectivity index (χ0v) is 12.4.